The molecule has 2 rings (SSSR count). The van der Waals surface area contributed by atoms with E-state index in [0.717, 1.165) is 25.5 Å². The molecule has 1 aliphatic carbocycles. The average Bonchev–Trinajstić information content (AvgIpc) is 2.58. The van der Waals surface area contributed by atoms with Crippen molar-refractivity contribution in [2.75, 3.05) is 13.2 Å². The summed E-state index contributed by atoms with van der Waals surface area (Å²) >= 11 is 0. The van der Waals surface area contributed by atoms with Gasteiger partial charge in [0.2, 0.25) is 0 Å². The van der Waals surface area contributed by atoms with E-state index in [1.165, 1.54) is 6.42 Å². The number of rotatable bonds is 4. The Morgan fingerprint density at radius 3 is 3.07 bits per heavy atom. The minimum atomic E-state index is 0.322. The number of nitrogens with one attached hydrogen (secondary N) is 1. The van der Waals surface area contributed by atoms with Crippen LogP contribution in [0.15, 0.2) is 12.7 Å². The normalized spacial score (nSPS) is 38.9. The van der Waals surface area contributed by atoms with Crippen molar-refractivity contribution in [3.8, 4) is 0 Å². The summed E-state index contributed by atoms with van der Waals surface area (Å²) in [6.07, 6.45) is 4.77. The molecule has 0 aromatic heterocycles. The predicted octanol–water partition coefficient (Wildman–Crippen LogP) is 1.97. The van der Waals surface area contributed by atoms with E-state index in [1.54, 1.807) is 0 Å². The lowest BCUT2D eigenvalue weighted by Crippen LogP contribution is -2.65. The van der Waals surface area contributed by atoms with Crippen LogP contribution >= 0.6 is 0 Å². The standard InChI is InChI=1S/C12H21NO/c1-4-5-7-13-10-9-6-8-14-11(9)12(10,2)3/h4,9-11,13H,1,5-8H2,2-3H3. The largest absolute Gasteiger partial charge is 0.377 e. The summed E-state index contributed by atoms with van der Waals surface area (Å²) in [5.74, 6) is 0.759. The van der Waals surface area contributed by atoms with Crippen LogP contribution in [-0.2, 0) is 4.74 Å². The SMILES string of the molecule is C=CCCNC1C2CCOC2C1(C)C. The molecular weight excluding hydrogens is 174 g/mol. The molecule has 0 bridgehead atoms. The van der Waals surface area contributed by atoms with Crippen LogP contribution in [0.1, 0.15) is 26.7 Å². The number of fused-ring (bicyclic) bond motifs is 1. The van der Waals surface area contributed by atoms with Gasteiger partial charge in [-0.25, -0.2) is 0 Å². The van der Waals surface area contributed by atoms with E-state index >= 15 is 0 Å². The van der Waals surface area contributed by atoms with Crippen molar-refractivity contribution in [1.82, 2.24) is 5.32 Å². The molecule has 1 saturated heterocycles. The van der Waals surface area contributed by atoms with Gasteiger partial charge in [-0.2, -0.15) is 0 Å². The summed E-state index contributed by atoms with van der Waals surface area (Å²) in [5.41, 5.74) is 0.322. The van der Waals surface area contributed by atoms with Gasteiger partial charge in [-0.1, -0.05) is 19.9 Å². The molecule has 0 amide bonds. The van der Waals surface area contributed by atoms with Crippen LogP contribution in [0, 0.1) is 11.3 Å². The summed E-state index contributed by atoms with van der Waals surface area (Å²) in [7, 11) is 0. The van der Waals surface area contributed by atoms with E-state index in [1.807, 2.05) is 6.08 Å². The zero-order valence-electron chi connectivity index (χ0n) is 9.25. The summed E-state index contributed by atoms with van der Waals surface area (Å²) in [6, 6.07) is 0.648. The van der Waals surface area contributed by atoms with Crippen molar-refractivity contribution in [2.45, 2.75) is 38.8 Å². The predicted molar refractivity (Wildman–Crippen MR) is 58.2 cm³/mol. The monoisotopic (exact) mass is 195 g/mol. The van der Waals surface area contributed by atoms with E-state index in [4.69, 9.17) is 4.74 Å². The van der Waals surface area contributed by atoms with Gasteiger partial charge in [0.25, 0.3) is 0 Å². The highest BCUT2D eigenvalue weighted by Crippen LogP contribution is 2.51. The lowest BCUT2D eigenvalue weighted by atomic mass is 9.57. The maximum Gasteiger partial charge on any atom is 0.0685 e. The molecule has 2 nitrogen and oxygen atoms in total. The fraction of sp³-hybridized carbons (Fsp3) is 0.833. The van der Waals surface area contributed by atoms with E-state index in [-0.39, 0.29) is 0 Å². The Labute approximate surface area is 86.7 Å². The molecule has 2 aliphatic rings. The quantitative estimate of drug-likeness (QED) is 0.547. The Morgan fingerprint density at radius 1 is 1.57 bits per heavy atom. The Hall–Kier alpha value is -0.340. The Balaban J connectivity index is 1.88. The molecule has 0 spiro atoms. The first-order chi connectivity index (χ1) is 6.68. The maximum absolute atomic E-state index is 5.74. The van der Waals surface area contributed by atoms with Gasteiger partial charge in [0.15, 0.2) is 0 Å². The second-order valence-corrected chi connectivity index (χ2v) is 5.07. The topological polar surface area (TPSA) is 21.3 Å². The summed E-state index contributed by atoms with van der Waals surface area (Å²) < 4.78 is 5.74. The Kier molecular flexibility index (Phi) is 2.67. The lowest BCUT2D eigenvalue weighted by Gasteiger charge is -2.55. The molecule has 1 N–H and O–H groups in total. The van der Waals surface area contributed by atoms with Crippen LogP contribution in [-0.4, -0.2) is 25.3 Å². The average molecular weight is 195 g/mol. The highest BCUT2D eigenvalue weighted by Gasteiger charge is 2.58. The van der Waals surface area contributed by atoms with E-state index in [2.05, 4.69) is 25.7 Å². The summed E-state index contributed by atoms with van der Waals surface area (Å²) in [4.78, 5) is 0. The van der Waals surface area contributed by atoms with E-state index in [0.29, 0.717) is 17.6 Å². The highest BCUT2D eigenvalue weighted by atomic mass is 16.5. The number of hydrogen-bond donors (Lipinski definition) is 1. The zero-order valence-corrected chi connectivity index (χ0v) is 9.25. The molecule has 0 aromatic carbocycles. The molecule has 0 radical (unpaired) electrons. The molecular formula is C12H21NO. The molecule has 80 valence electrons. The third-order valence-electron chi connectivity index (χ3n) is 3.81. The van der Waals surface area contributed by atoms with Crippen LogP contribution in [0.2, 0.25) is 0 Å². The molecule has 2 heteroatoms. The van der Waals surface area contributed by atoms with Gasteiger partial charge in [-0.05, 0) is 19.4 Å². The minimum Gasteiger partial charge on any atom is -0.377 e. The molecule has 1 heterocycles. The van der Waals surface area contributed by atoms with Crippen molar-refractivity contribution >= 4 is 0 Å². The van der Waals surface area contributed by atoms with Gasteiger partial charge < -0.3 is 10.1 Å². The third kappa shape index (κ3) is 1.41. The van der Waals surface area contributed by atoms with Crippen molar-refractivity contribution in [2.24, 2.45) is 11.3 Å². The van der Waals surface area contributed by atoms with Crippen molar-refractivity contribution in [1.29, 1.82) is 0 Å². The molecule has 3 unspecified atom stereocenters. The van der Waals surface area contributed by atoms with Crippen molar-refractivity contribution < 1.29 is 4.74 Å². The fourth-order valence-corrected chi connectivity index (χ4v) is 3.08. The van der Waals surface area contributed by atoms with Gasteiger partial charge in [0.05, 0.1) is 6.10 Å². The Bertz CT molecular complexity index is 224. The summed E-state index contributed by atoms with van der Waals surface area (Å²) in [6.45, 7) is 10.4. The molecule has 3 atom stereocenters. The van der Waals surface area contributed by atoms with E-state index in [9.17, 15) is 0 Å². The van der Waals surface area contributed by atoms with Crippen LogP contribution in [0.5, 0.6) is 0 Å². The molecule has 2 fully saturated rings. The zero-order chi connectivity index (χ0) is 10.2. The van der Waals surface area contributed by atoms with E-state index < -0.39 is 0 Å². The smallest absolute Gasteiger partial charge is 0.0685 e. The third-order valence-corrected chi connectivity index (χ3v) is 3.81. The minimum absolute atomic E-state index is 0.322. The molecule has 14 heavy (non-hydrogen) atoms. The first-order valence-corrected chi connectivity index (χ1v) is 5.64. The second-order valence-electron chi connectivity index (χ2n) is 5.07. The van der Waals surface area contributed by atoms with Gasteiger partial charge in [0.1, 0.15) is 0 Å². The van der Waals surface area contributed by atoms with Gasteiger partial charge in [-0.3, -0.25) is 0 Å². The first-order valence-electron chi connectivity index (χ1n) is 5.64. The summed E-state index contributed by atoms with van der Waals surface area (Å²) in [5, 5.41) is 3.63. The lowest BCUT2D eigenvalue weighted by molar-refractivity contribution is -0.112. The number of hydrogen-bond acceptors (Lipinski definition) is 2. The molecule has 1 saturated carbocycles. The Morgan fingerprint density at radius 2 is 2.36 bits per heavy atom. The highest BCUT2D eigenvalue weighted by molar-refractivity contribution is 5.11. The van der Waals surface area contributed by atoms with Crippen LogP contribution in [0.3, 0.4) is 0 Å². The second kappa shape index (κ2) is 3.67. The molecule has 0 aromatic rings. The first kappa shape index (κ1) is 10.2. The van der Waals surface area contributed by atoms with Crippen LogP contribution < -0.4 is 5.32 Å². The van der Waals surface area contributed by atoms with Crippen LogP contribution in [0.4, 0.5) is 0 Å². The van der Waals surface area contributed by atoms with Gasteiger partial charge >= 0.3 is 0 Å². The molecule has 1 aliphatic heterocycles. The number of ether oxygens (including phenoxy) is 1. The van der Waals surface area contributed by atoms with Gasteiger partial charge in [-0.15, -0.1) is 6.58 Å². The fourth-order valence-electron chi connectivity index (χ4n) is 3.08. The van der Waals surface area contributed by atoms with Gasteiger partial charge in [0, 0.05) is 24.0 Å². The van der Waals surface area contributed by atoms with Crippen LogP contribution in [0.25, 0.3) is 0 Å². The van der Waals surface area contributed by atoms with Crippen molar-refractivity contribution in [3.63, 3.8) is 0 Å². The maximum atomic E-state index is 5.74. The van der Waals surface area contributed by atoms with Crippen molar-refractivity contribution in [3.05, 3.63) is 12.7 Å².